The number of aryl methyl sites for hydroxylation is 1. The van der Waals surface area contributed by atoms with Crippen LogP contribution in [0.5, 0.6) is 0 Å². The van der Waals surface area contributed by atoms with Crippen LogP contribution in [-0.4, -0.2) is 21.7 Å². The summed E-state index contributed by atoms with van der Waals surface area (Å²) in [6.45, 7) is 3.92. The van der Waals surface area contributed by atoms with Gasteiger partial charge in [0.25, 0.3) is 11.5 Å². The fourth-order valence-corrected chi connectivity index (χ4v) is 5.16. The van der Waals surface area contributed by atoms with Crippen LogP contribution in [0.3, 0.4) is 0 Å². The molecule has 0 unspecified atom stereocenters. The molecule has 4 rings (SSSR count). The highest BCUT2D eigenvalue weighted by Gasteiger charge is 2.25. The number of thiophene rings is 1. The van der Waals surface area contributed by atoms with E-state index in [-0.39, 0.29) is 11.5 Å². The third kappa shape index (κ3) is 4.04. The number of hydrogen-bond donors (Lipinski definition) is 1. The number of amides is 1. The molecule has 8 heteroatoms. The van der Waals surface area contributed by atoms with Crippen LogP contribution in [0.1, 0.15) is 42.3 Å². The van der Waals surface area contributed by atoms with Crippen LogP contribution in [0.4, 0.5) is 0 Å². The van der Waals surface area contributed by atoms with Crippen molar-refractivity contribution in [3.63, 3.8) is 0 Å². The van der Waals surface area contributed by atoms with Crippen LogP contribution >= 0.6 is 27.3 Å². The van der Waals surface area contributed by atoms with Crippen LogP contribution in [0.2, 0.25) is 0 Å². The first-order valence-corrected chi connectivity index (χ1v) is 11.1. The number of aromatic nitrogens is 2. The maximum atomic E-state index is 13.1. The quantitative estimate of drug-likeness (QED) is 0.459. The first-order chi connectivity index (χ1) is 13.9. The Balaban J connectivity index is 1.55. The Morgan fingerprint density at radius 3 is 2.93 bits per heavy atom. The molecule has 0 aliphatic heterocycles. The lowest BCUT2D eigenvalue weighted by Crippen LogP contribution is -2.34. The van der Waals surface area contributed by atoms with E-state index in [4.69, 9.17) is 0 Å². The second-order valence-electron chi connectivity index (χ2n) is 7.45. The van der Waals surface area contributed by atoms with E-state index < -0.39 is 6.04 Å². The largest absolute Gasteiger partial charge is 0.286 e. The standard InChI is InChI=1S/C21H21BrN4O2S/c1-12-3-8-16-17(9-12)29-20-18(16)21(28)26(11-23-20)13(2)19(27)25-24-10-14-4-6-15(22)7-5-14/h4-7,10-13H,3,8-9H2,1-2H3,(H,25,27)/t12-,13+/m0/s1. The van der Waals surface area contributed by atoms with E-state index >= 15 is 0 Å². The summed E-state index contributed by atoms with van der Waals surface area (Å²) in [5.74, 6) is 0.269. The maximum absolute atomic E-state index is 13.1. The molecule has 0 saturated carbocycles. The van der Waals surface area contributed by atoms with Gasteiger partial charge in [-0.15, -0.1) is 11.3 Å². The number of hydrogen-bond acceptors (Lipinski definition) is 5. The zero-order chi connectivity index (χ0) is 20.5. The lowest BCUT2D eigenvalue weighted by molar-refractivity contribution is -0.123. The molecule has 1 aliphatic carbocycles. The Morgan fingerprint density at radius 2 is 2.17 bits per heavy atom. The summed E-state index contributed by atoms with van der Waals surface area (Å²) in [6, 6.07) is 6.85. The first kappa shape index (κ1) is 20.0. The molecule has 1 aromatic carbocycles. The van der Waals surface area contributed by atoms with Gasteiger partial charge in [0.05, 0.1) is 17.9 Å². The normalized spacial score (nSPS) is 17.4. The summed E-state index contributed by atoms with van der Waals surface area (Å²) in [6.07, 6.45) is 6.01. The van der Waals surface area contributed by atoms with Crippen LogP contribution in [0.25, 0.3) is 10.2 Å². The second kappa shape index (κ2) is 8.20. The van der Waals surface area contributed by atoms with E-state index in [0.29, 0.717) is 11.3 Å². The number of carbonyl (C=O) groups excluding carboxylic acids is 1. The minimum absolute atomic E-state index is 0.151. The molecule has 1 N–H and O–H groups in total. The van der Waals surface area contributed by atoms with E-state index in [1.807, 2.05) is 24.3 Å². The number of nitrogens with one attached hydrogen (secondary N) is 1. The third-order valence-corrected chi connectivity index (χ3v) is 6.99. The number of halogens is 1. The van der Waals surface area contributed by atoms with Gasteiger partial charge in [-0.2, -0.15) is 5.10 Å². The fraction of sp³-hybridized carbons (Fsp3) is 0.333. The SMILES string of the molecule is C[C@H]1CCc2c(sc3ncn([C@H](C)C(=O)NN=Cc4ccc(Br)cc4)c(=O)c23)C1. The Bertz CT molecular complexity index is 1150. The fourth-order valence-electron chi connectivity index (χ4n) is 3.56. The Hall–Kier alpha value is -2.32. The molecule has 150 valence electrons. The summed E-state index contributed by atoms with van der Waals surface area (Å²) in [7, 11) is 0. The minimum Gasteiger partial charge on any atom is -0.286 e. The van der Waals surface area contributed by atoms with Crippen LogP contribution < -0.4 is 11.0 Å². The van der Waals surface area contributed by atoms with E-state index in [2.05, 4.69) is 38.4 Å². The lowest BCUT2D eigenvalue weighted by atomic mass is 9.89. The van der Waals surface area contributed by atoms with Crippen LogP contribution in [-0.2, 0) is 17.6 Å². The van der Waals surface area contributed by atoms with Gasteiger partial charge in [-0.25, -0.2) is 10.4 Å². The Labute approximate surface area is 180 Å². The highest BCUT2D eigenvalue weighted by atomic mass is 79.9. The van der Waals surface area contributed by atoms with Gasteiger partial charge < -0.3 is 0 Å². The van der Waals surface area contributed by atoms with Gasteiger partial charge in [-0.3, -0.25) is 14.2 Å². The lowest BCUT2D eigenvalue weighted by Gasteiger charge is -2.18. The molecule has 0 spiro atoms. The molecule has 1 aliphatic rings. The number of rotatable bonds is 4. The van der Waals surface area contributed by atoms with Crippen molar-refractivity contribution in [2.75, 3.05) is 0 Å². The predicted octanol–water partition coefficient (Wildman–Crippen LogP) is 4.06. The van der Waals surface area contributed by atoms with Crippen molar-refractivity contribution < 1.29 is 4.79 Å². The van der Waals surface area contributed by atoms with Crippen LogP contribution in [0.15, 0.2) is 45.0 Å². The summed E-state index contributed by atoms with van der Waals surface area (Å²) < 4.78 is 2.37. The van der Waals surface area contributed by atoms with Crippen molar-refractivity contribution in [1.82, 2.24) is 15.0 Å². The number of hydrazone groups is 1. The van der Waals surface area contributed by atoms with Gasteiger partial charge in [-0.1, -0.05) is 35.0 Å². The smallest absolute Gasteiger partial charge is 0.263 e. The first-order valence-electron chi connectivity index (χ1n) is 9.54. The molecule has 2 atom stereocenters. The zero-order valence-corrected chi connectivity index (χ0v) is 18.6. The number of nitrogens with zero attached hydrogens (tertiary/aromatic N) is 3. The molecular weight excluding hydrogens is 452 g/mol. The number of benzene rings is 1. The van der Waals surface area contributed by atoms with Crippen molar-refractivity contribution in [2.45, 2.75) is 39.2 Å². The molecule has 0 fully saturated rings. The summed E-state index contributed by atoms with van der Waals surface area (Å²) >= 11 is 4.98. The molecule has 6 nitrogen and oxygen atoms in total. The monoisotopic (exact) mass is 472 g/mol. The molecule has 29 heavy (non-hydrogen) atoms. The average Bonchev–Trinajstić information content (AvgIpc) is 3.07. The third-order valence-electron chi connectivity index (χ3n) is 5.30. The average molecular weight is 473 g/mol. The predicted molar refractivity (Wildman–Crippen MR) is 120 cm³/mol. The van der Waals surface area contributed by atoms with Crippen molar-refractivity contribution in [2.24, 2.45) is 11.0 Å². The molecule has 3 aromatic rings. The second-order valence-corrected chi connectivity index (χ2v) is 9.45. The van der Waals surface area contributed by atoms with Gasteiger partial charge in [0.15, 0.2) is 0 Å². The Kier molecular flexibility index (Phi) is 5.65. The zero-order valence-electron chi connectivity index (χ0n) is 16.2. The summed E-state index contributed by atoms with van der Waals surface area (Å²) in [5, 5.41) is 4.68. The highest BCUT2D eigenvalue weighted by Crippen LogP contribution is 2.35. The number of fused-ring (bicyclic) bond motifs is 3. The van der Waals surface area contributed by atoms with Crippen molar-refractivity contribution in [3.05, 3.63) is 61.4 Å². The highest BCUT2D eigenvalue weighted by molar-refractivity contribution is 9.10. The van der Waals surface area contributed by atoms with Gasteiger partial charge in [0.1, 0.15) is 10.9 Å². The van der Waals surface area contributed by atoms with Crippen molar-refractivity contribution >= 4 is 49.6 Å². The molecular formula is C21H21BrN4O2S. The van der Waals surface area contributed by atoms with E-state index in [1.54, 1.807) is 24.5 Å². The maximum Gasteiger partial charge on any atom is 0.263 e. The number of carbonyl (C=O) groups is 1. The van der Waals surface area contributed by atoms with Crippen molar-refractivity contribution in [1.29, 1.82) is 0 Å². The van der Waals surface area contributed by atoms with E-state index in [1.165, 1.54) is 15.8 Å². The summed E-state index contributed by atoms with van der Waals surface area (Å²) in [4.78, 5) is 32.2. The molecule has 0 saturated heterocycles. The topological polar surface area (TPSA) is 76.3 Å². The summed E-state index contributed by atoms with van der Waals surface area (Å²) in [5.41, 5.74) is 4.35. The van der Waals surface area contributed by atoms with Gasteiger partial charge in [0.2, 0.25) is 0 Å². The molecule has 1 amide bonds. The molecule has 2 aromatic heterocycles. The van der Waals surface area contributed by atoms with E-state index in [0.717, 1.165) is 39.7 Å². The van der Waals surface area contributed by atoms with Crippen LogP contribution in [0, 0.1) is 5.92 Å². The molecule has 0 bridgehead atoms. The van der Waals surface area contributed by atoms with Gasteiger partial charge >= 0.3 is 0 Å². The van der Waals surface area contributed by atoms with Gasteiger partial charge in [-0.05, 0) is 55.4 Å². The molecule has 2 heterocycles. The van der Waals surface area contributed by atoms with Crippen molar-refractivity contribution in [3.8, 4) is 0 Å². The van der Waals surface area contributed by atoms with Gasteiger partial charge in [0, 0.05) is 9.35 Å². The molecule has 0 radical (unpaired) electrons. The van der Waals surface area contributed by atoms with E-state index in [9.17, 15) is 9.59 Å². The minimum atomic E-state index is -0.709. The Morgan fingerprint density at radius 1 is 1.41 bits per heavy atom.